The number of nitrogens with two attached hydrogens (primary N) is 1. The van der Waals surface area contributed by atoms with Crippen LogP contribution in [-0.4, -0.2) is 14.8 Å². The van der Waals surface area contributed by atoms with Gasteiger partial charge in [-0.25, -0.2) is 0 Å². The normalized spacial score (nSPS) is 10.8. The first kappa shape index (κ1) is 16.4. The third kappa shape index (κ3) is 3.46. The fourth-order valence-electron chi connectivity index (χ4n) is 2.87. The molecular formula is C21H17ClN4. The van der Waals surface area contributed by atoms with E-state index < -0.39 is 0 Å². The van der Waals surface area contributed by atoms with Gasteiger partial charge in [-0.15, -0.1) is 0 Å². The van der Waals surface area contributed by atoms with E-state index in [-0.39, 0.29) is 0 Å². The summed E-state index contributed by atoms with van der Waals surface area (Å²) in [5.41, 5.74) is 11.9. The summed E-state index contributed by atoms with van der Waals surface area (Å²) in [7, 11) is 0. The molecule has 0 aliphatic carbocycles. The number of pyridine rings is 1. The van der Waals surface area contributed by atoms with Crippen LogP contribution in [0.25, 0.3) is 22.4 Å². The first-order valence-electron chi connectivity index (χ1n) is 8.27. The van der Waals surface area contributed by atoms with Gasteiger partial charge in [0.2, 0.25) is 0 Å². The van der Waals surface area contributed by atoms with E-state index in [1.807, 2.05) is 71.7 Å². The molecular weight excluding hydrogens is 344 g/mol. The molecule has 26 heavy (non-hydrogen) atoms. The van der Waals surface area contributed by atoms with Gasteiger partial charge in [0, 0.05) is 34.9 Å². The van der Waals surface area contributed by atoms with Gasteiger partial charge in [0.1, 0.15) is 0 Å². The van der Waals surface area contributed by atoms with Crippen LogP contribution in [0.2, 0.25) is 5.02 Å². The summed E-state index contributed by atoms with van der Waals surface area (Å²) in [6, 6.07) is 19.7. The van der Waals surface area contributed by atoms with Gasteiger partial charge < -0.3 is 5.73 Å². The average Bonchev–Trinajstić information content (AvgIpc) is 3.12. The van der Waals surface area contributed by atoms with E-state index in [4.69, 9.17) is 17.3 Å². The predicted octanol–water partition coefficient (Wildman–Crippen LogP) is 4.90. The third-order valence-electron chi connectivity index (χ3n) is 4.21. The summed E-state index contributed by atoms with van der Waals surface area (Å²) in [4.78, 5) is 4.14. The Morgan fingerprint density at radius 1 is 0.962 bits per heavy atom. The molecule has 2 aromatic carbocycles. The van der Waals surface area contributed by atoms with Gasteiger partial charge in [-0.05, 0) is 53.1 Å². The van der Waals surface area contributed by atoms with E-state index >= 15 is 0 Å². The number of halogens is 1. The summed E-state index contributed by atoms with van der Waals surface area (Å²) in [6.07, 6.45) is 5.56. The van der Waals surface area contributed by atoms with Crippen LogP contribution in [0, 0.1) is 0 Å². The molecule has 4 nitrogen and oxygen atoms in total. The smallest absolute Gasteiger partial charge is 0.0944 e. The molecule has 5 heteroatoms. The number of benzene rings is 2. The number of hydrogen-bond acceptors (Lipinski definition) is 3. The van der Waals surface area contributed by atoms with E-state index in [1.54, 1.807) is 6.20 Å². The van der Waals surface area contributed by atoms with Crippen LogP contribution in [0.3, 0.4) is 0 Å². The van der Waals surface area contributed by atoms with Crippen LogP contribution in [0.1, 0.15) is 5.56 Å². The second kappa shape index (κ2) is 7.02. The topological polar surface area (TPSA) is 56.7 Å². The van der Waals surface area contributed by atoms with Gasteiger partial charge >= 0.3 is 0 Å². The van der Waals surface area contributed by atoms with Crippen LogP contribution in [0.5, 0.6) is 0 Å². The number of hydrogen-bond donors (Lipinski definition) is 1. The minimum Gasteiger partial charge on any atom is -0.398 e. The first-order chi connectivity index (χ1) is 12.7. The highest BCUT2D eigenvalue weighted by Crippen LogP contribution is 2.30. The lowest BCUT2D eigenvalue weighted by atomic mass is 10.0. The Morgan fingerprint density at radius 3 is 2.54 bits per heavy atom. The lowest BCUT2D eigenvalue weighted by Gasteiger charge is -2.08. The Balaban J connectivity index is 1.65. The van der Waals surface area contributed by atoms with Crippen molar-refractivity contribution in [3.05, 3.63) is 89.8 Å². The maximum atomic E-state index is 6.21. The molecule has 4 aromatic rings. The van der Waals surface area contributed by atoms with Crippen molar-refractivity contribution < 1.29 is 0 Å². The standard InChI is InChI=1S/C21H17ClN4/c22-18-6-3-16(4-7-18)17-5-8-20(23)19(12-17)21-9-11-26(25-21)14-15-2-1-10-24-13-15/h1-13H,14,23H2. The molecule has 0 bridgehead atoms. The Morgan fingerprint density at radius 2 is 1.77 bits per heavy atom. The zero-order chi connectivity index (χ0) is 17.9. The molecule has 0 aliphatic heterocycles. The summed E-state index contributed by atoms with van der Waals surface area (Å²) >= 11 is 5.98. The molecule has 0 atom stereocenters. The monoisotopic (exact) mass is 360 g/mol. The molecule has 0 spiro atoms. The number of nitrogen functional groups attached to an aromatic ring is 1. The molecule has 4 rings (SSSR count). The molecule has 0 fully saturated rings. The fourth-order valence-corrected chi connectivity index (χ4v) is 3.00. The highest BCUT2D eigenvalue weighted by atomic mass is 35.5. The van der Waals surface area contributed by atoms with Crippen molar-refractivity contribution in [3.8, 4) is 22.4 Å². The van der Waals surface area contributed by atoms with E-state index in [1.165, 1.54) is 0 Å². The molecule has 0 saturated carbocycles. The average molecular weight is 361 g/mol. The number of aromatic nitrogens is 3. The Kier molecular flexibility index (Phi) is 4.42. The third-order valence-corrected chi connectivity index (χ3v) is 4.47. The molecule has 0 saturated heterocycles. The minimum atomic E-state index is 0.671. The summed E-state index contributed by atoms with van der Waals surface area (Å²) in [5, 5.41) is 5.39. The second-order valence-corrected chi connectivity index (χ2v) is 6.51. The summed E-state index contributed by atoms with van der Waals surface area (Å²) in [5.74, 6) is 0. The van der Waals surface area contributed by atoms with Crippen molar-refractivity contribution >= 4 is 17.3 Å². The molecule has 2 heterocycles. The SMILES string of the molecule is Nc1ccc(-c2ccc(Cl)cc2)cc1-c1ccn(Cc2cccnc2)n1. The summed E-state index contributed by atoms with van der Waals surface area (Å²) < 4.78 is 1.89. The van der Waals surface area contributed by atoms with Gasteiger partial charge in [0.05, 0.1) is 12.2 Å². The number of rotatable bonds is 4. The van der Waals surface area contributed by atoms with Crippen LogP contribution in [0.15, 0.2) is 79.3 Å². The van der Waals surface area contributed by atoms with Crippen molar-refractivity contribution in [3.63, 3.8) is 0 Å². The Bertz CT molecular complexity index is 1020. The van der Waals surface area contributed by atoms with Crippen LogP contribution >= 0.6 is 11.6 Å². The van der Waals surface area contributed by atoms with Crippen molar-refractivity contribution in [2.24, 2.45) is 0 Å². The Hall–Kier alpha value is -3.11. The van der Waals surface area contributed by atoms with Crippen molar-refractivity contribution in [1.82, 2.24) is 14.8 Å². The quantitative estimate of drug-likeness (QED) is 0.527. The first-order valence-corrected chi connectivity index (χ1v) is 8.65. The minimum absolute atomic E-state index is 0.671. The van der Waals surface area contributed by atoms with Gasteiger partial charge in [0.15, 0.2) is 0 Å². The van der Waals surface area contributed by atoms with E-state index in [0.29, 0.717) is 12.2 Å². The zero-order valence-electron chi connectivity index (χ0n) is 14.0. The maximum Gasteiger partial charge on any atom is 0.0944 e. The Labute approximate surface area is 156 Å². The highest BCUT2D eigenvalue weighted by molar-refractivity contribution is 6.30. The molecule has 128 valence electrons. The second-order valence-electron chi connectivity index (χ2n) is 6.07. The molecule has 0 aliphatic rings. The molecule has 2 aromatic heterocycles. The number of anilines is 1. The largest absolute Gasteiger partial charge is 0.398 e. The predicted molar refractivity (Wildman–Crippen MR) is 106 cm³/mol. The van der Waals surface area contributed by atoms with Crippen LogP contribution in [-0.2, 0) is 6.54 Å². The lowest BCUT2D eigenvalue weighted by molar-refractivity contribution is 0.687. The van der Waals surface area contributed by atoms with Crippen molar-refractivity contribution in [2.45, 2.75) is 6.54 Å². The molecule has 0 amide bonds. The fraction of sp³-hybridized carbons (Fsp3) is 0.0476. The van der Waals surface area contributed by atoms with Gasteiger partial charge in [-0.1, -0.05) is 35.9 Å². The van der Waals surface area contributed by atoms with Gasteiger partial charge in [-0.2, -0.15) is 5.10 Å². The molecule has 0 unspecified atom stereocenters. The zero-order valence-corrected chi connectivity index (χ0v) is 14.8. The number of nitrogens with zero attached hydrogens (tertiary/aromatic N) is 3. The van der Waals surface area contributed by atoms with E-state index in [9.17, 15) is 0 Å². The van der Waals surface area contributed by atoms with Gasteiger partial charge in [0.25, 0.3) is 0 Å². The van der Waals surface area contributed by atoms with E-state index in [2.05, 4.69) is 16.1 Å². The highest BCUT2D eigenvalue weighted by Gasteiger charge is 2.09. The van der Waals surface area contributed by atoms with Crippen molar-refractivity contribution in [1.29, 1.82) is 0 Å². The maximum absolute atomic E-state index is 6.21. The molecule has 2 N–H and O–H groups in total. The van der Waals surface area contributed by atoms with Gasteiger partial charge in [-0.3, -0.25) is 9.67 Å². The summed E-state index contributed by atoms with van der Waals surface area (Å²) in [6.45, 7) is 0.671. The van der Waals surface area contributed by atoms with Crippen LogP contribution in [0.4, 0.5) is 5.69 Å². The lowest BCUT2D eigenvalue weighted by Crippen LogP contribution is -2.01. The molecule has 0 radical (unpaired) electrons. The van der Waals surface area contributed by atoms with E-state index in [0.717, 1.165) is 33.0 Å². The van der Waals surface area contributed by atoms with Crippen molar-refractivity contribution in [2.75, 3.05) is 5.73 Å². The van der Waals surface area contributed by atoms with Crippen LogP contribution < -0.4 is 5.73 Å².